The van der Waals surface area contributed by atoms with Gasteiger partial charge in [-0.3, -0.25) is 0 Å². The second-order valence-electron chi connectivity index (χ2n) is 3.88. The molecule has 90 valence electrons. The molecule has 0 saturated heterocycles. The van der Waals surface area contributed by atoms with Gasteiger partial charge in [-0.15, -0.1) is 11.3 Å². The van der Waals surface area contributed by atoms with E-state index in [2.05, 4.69) is 17.2 Å². The van der Waals surface area contributed by atoms with Gasteiger partial charge in [0.15, 0.2) is 0 Å². The third-order valence-corrected chi connectivity index (χ3v) is 3.66. The van der Waals surface area contributed by atoms with Crippen molar-refractivity contribution >= 4 is 11.3 Å². The lowest BCUT2D eigenvalue weighted by molar-refractivity contribution is 0.628. The van der Waals surface area contributed by atoms with Crippen molar-refractivity contribution in [1.29, 1.82) is 0 Å². The van der Waals surface area contributed by atoms with Gasteiger partial charge in [0, 0.05) is 23.4 Å². The summed E-state index contributed by atoms with van der Waals surface area (Å²) in [5.74, 6) is -0.211. The van der Waals surface area contributed by atoms with Crippen LogP contribution >= 0.6 is 11.3 Å². The Bertz CT molecular complexity index is 491. The number of aromatic nitrogens is 1. The van der Waals surface area contributed by atoms with E-state index < -0.39 is 0 Å². The zero-order valence-corrected chi connectivity index (χ0v) is 10.8. The van der Waals surface area contributed by atoms with Crippen LogP contribution in [0.3, 0.4) is 0 Å². The Morgan fingerprint density at radius 3 is 2.65 bits per heavy atom. The molecule has 1 N–H and O–H groups in total. The summed E-state index contributed by atoms with van der Waals surface area (Å²) in [5.41, 5.74) is 2.11. The first-order chi connectivity index (χ1) is 8.20. The summed E-state index contributed by atoms with van der Waals surface area (Å²) in [6, 6.07) is 6.49. The fourth-order valence-corrected chi connectivity index (χ4v) is 2.58. The van der Waals surface area contributed by atoms with E-state index in [1.165, 1.54) is 17.0 Å². The topological polar surface area (TPSA) is 24.9 Å². The van der Waals surface area contributed by atoms with Crippen LogP contribution in [0.1, 0.15) is 10.6 Å². The number of benzene rings is 1. The molecule has 0 aliphatic rings. The fraction of sp³-hybridized carbons (Fsp3) is 0.308. The predicted molar refractivity (Wildman–Crippen MR) is 69.9 cm³/mol. The molecule has 2 aromatic rings. The molecule has 1 aromatic heterocycles. The van der Waals surface area contributed by atoms with E-state index >= 15 is 0 Å². The first-order valence-electron chi connectivity index (χ1n) is 5.57. The molecule has 0 unspecified atom stereocenters. The van der Waals surface area contributed by atoms with Crippen molar-refractivity contribution in [2.45, 2.75) is 13.3 Å². The van der Waals surface area contributed by atoms with Crippen LogP contribution in [0.4, 0.5) is 4.39 Å². The molecule has 4 heteroatoms. The molecule has 0 bridgehead atoms. The van der Waals surface area contributed by atoms with Gasteiger partial charge in [0.25, 0.3) is 0 Å². The Morgan fingerprint density at radius 1 is 1.29 bits per heavy atom. The zero-order valence-electron chi connectivity index (χ0n) is 9.96. The smallest absolute Gasteiger partial charge is 0.123 e. The van der Waals surface area contributed by atoms with Gasteiger partial charge >= 0.3 is 0 Å². The second kappa shape index (κ2) is 5.38. The van der Waals surface area contributed by atoms with Gasteiger partial charge in [0.2, 0.25) is 0 Å². The van der Waals surface area contributed by atoms with Crippen LogP contribution in [0.5, 0.6) is 0 Å². The minimum Gasteiger partial charge on any atom is -0.319 e. The summed E-state index contributed by atoms with van der Waals surface area (Å²) in [6.07, 6.45) is 0.931. The van der Waals surface area contributed by atoms with Crippen molar-refractivity contribution in [2.75, 3.05) is 13.6 Å². The van der Waals surface area contributed by atoms with Gasteiger partial charge in [-0.05, 0) is 38.2 Å². The summed E-state index contributed by atoms with van der Waals surface area (Å²) in [4.78, 5) is 5.84. The summed E-state index contributed by atoms with van der Waals surface area (Å²) in [7, 11) is 1.93. The zero-order chi connectivity index (χ0) is 12.3. The molecule has 17 heavy (non-hydrogen) atoms. The quantitative estimate of drug-likeness (QED) is 0.902. The van der Waals surface area contributed by atoms with E-state index in [0.29, 0.717) is 0 Å². The molecule has 0 radical (unpaired) electrons. The van der Waals surface area contributed by atoms with Gasteiger partial charge < -0.3 is 5.32 Å². The maximum absolute atomic E-state index is 12.8. The molecule has 2 nitrogen and oxygen atoms in total. The highest BCUT2D eigenvalue weighted by Gasteiger charge is 2.08. The Kier molecular flexibility index (Phi) is 3.86. The van der Waals surface area contributed by atoms with Gasteiger partial charge in [-0.25, -0.2) is 9.37 Å². The van der Waals surface area contributed by atoms with Crippen molar-refractivity contribution < 1.29 is 4.39 Å². The maximum Gasteiger partial charge on any atom is 0.123 e. The maximum atomic E-state index is 12.8. The Balaban J connectivity index is 2.24. The minimum atomic E-state index is -0.211. The van der Waals surface area contributed by atoms with Crippen LogP contribution in [0.25, 0.3) is 10.6 Å². The largest absolute Gasteiger partial charge is 0.319 e. The molecule has 0 saturated carbocycles. The molecule has 2 rings (SSSR count). The van der Waals surface area contributed by atoms with Crippen molar-refractivity contribution in [2.24, 2.45) is 0 Å². The number of rotatable bonds is 4. The summed E-state index contributed by atoms with van der Waals surface area (Å²) in [5, 5.41) is 4.08. The number of likely N-dealkylation sites (N-methyl/N-ethyl adjacent to an activating group) is 1. The molecule has 0 amide bonds. The average molecular weight is 250 g/mol. The van der Waals surface area contributed by atoms with E-state index in [9.17, 15) is 4.39 Å². The molecule has 0 aliphatic heterocycles. The number of hydrogen-bond acceptors (Lipinski definition) is 3. The van der Waals surface area contributed by atoms with E-state index in [1.54, 1.807) is 23.5 Å². The van der Waals surface area contributed by atoms with Crippen molar-refractivity contribution in [3.63, 3.8) is 0 Å². The number of aryl methyl sites for hydroxylation is 1. The van der Waals surface area contributed by atoms with E-state index in [-0.39, 0.29) is 5.82 Å². The van der Waals surface area contributed by atoms with Crippen LogP contribution in [-0.4, -0.2) is 18.6 Å². The number of halogens is 1. The van der Waals surface area contributed by atoms with Crippen molar-refractivity contribution in [3.05, 3.63) is 40.7 Å². The highest BCUT2D eigenvalue weighted by molar-refractivity contribution is 7.15. The number of nitrogens with zero attached hydrogens (tertiary/aromatic N) is 1. The Morgan fingerprint density at radius 2 is 2.00 bits per heavy atom. The Hall–Kier alpha value is -1.26. The lowest BCUT2D eigenvalue weighted by atomic mass is 10.2. The van der Waals surface area contributed by atoms with Crippen LogP contribution in [0.15, 0.2) is 24.3 Å². The molecule has 0 fully saturated rings. The molecule has 1 heterocycles. The third-order valence-electron chi connectivity index (χ3n) is 2.60. The van der Waals surface area contributed by atoms with Crippen LogP contribution in [0, 0.1) is 12.7 Å². The van der Waals surface area contributed by atoms with Crippen molar-refractivity contribution in [1.82, 2.24) is 10.3 Å². The third kappa shape index (κ3) is 2.90. The summed E-state index contributed by atoms with van der Waals surface area (Å²) < 4.78 is 12.8. The first-order valence-corrected chi connectivity index (χ1v) is 6.39. The van der Waals surface area contributed by atoms with E-state index in [4.69, 9.17) is 0 Å². The van der Waals surface area contributed by atoms with Crippen molar-refractivity contribution in [3.8, 4) is 10.6 Å². The van der Waals surface area contributed by atoms with Gasteiger partial charge in [-0.1, -0.05) is 0 Å². The molecule has 0 atom stereocenters. The van der Waals surface area contributed by atoms with Crippen LogP contribution < -0.4 is 5.32 Å². The van der Waals surface area contributed by atoms with Gasteiger partial charge in [0.05, 0.1) is 5.69 Å². The summed E-state index contributed by atoms with van der Waals surface area (Å²) in [6.45, 7) is 3.00. The SMILES string of the molecule is CNCCc1nc(-c2ccc(F)cc2)sc1C. The normalized spacial score (nSPS) is 10.8. The number of thiazole rings is 1. The van der Waals surface area contributed by atoms with Crippen LogP contribution in [0.2, 0.25) is 0 Å². The molecule has 1 aromatic carbocycles. The first kappa shape index (κ1) is 12.2. The Labute approximate surface area is 105 Å². The predicted octanol–water partition coefficient (Wildman–Crippen LogP) is 3.02. The number of nitrogens with one attached hydrogen (secondary N) is 1. The minimum absolute atomic E-state index is 0.211. The molecular weight excluding hydrogens is 235 g/mol. The molecule has 0 spiro atoms. The summed E-state index contributed by atoms with van der Waals surface area (Å²) >= 11 is 1.66. The lowest BCUT2D eigenvalue weighted by Gasteiger charge is -1.97. The van der Waals surface area contributed by atoms with E-state index in [1.807, 2.05) is 7.05 Å². The number of hydrogen-bond donors (Lipinski definition) is 1. The average Bonchev–Trinajstić information content (AvgIpc) is 2.69. The molecular formula is C13H15FN2S. The fourth-order valence-electron chi connectivity index (χ4n) is 1.62. The monoisotopic (exact) mass is 250 g/mol. The standard InChI is InChI=1S/C13H15FN2S/c1-9-12(7-8-15-2)16-13(17-9)10-3-5-11(14)6-4-10/h3-6,15H,7-8H2,1-2H3. The highest BCUT2D eigenvalue weighted by Crippen LogP contribution is 2.27. The van der Waals surface area contributed by atoms with Crippen LogP contribution in [-0.2, 0) is 6.42 Å². The van der Waals surface area contributed by atoms with E-state index in [0.717, 1.165) is 29.2 Å². The van der Waals surface area contributed by atoms with Gasteiger partial charge in [-0.2, -0.15) is 0 Å². The lowest BCUT2D eigenvalue weighted by Crippen LogP contribution is -2.10. The molecule has 0 aliphatic carbocycles. The van der Waals surface area contributed by atoms with Gasteiger partial charge in [0.1, 0.15) is 10.8 Å². The highest BCUT2D eigenvalue weighted by atomic mass is 32.1. The second-order valence-corrected chi connectivity index (χ2v) is 5.09.